The van der Waals surface area contributed by atoms with Gasteiger partial charge in [-0.1, -0.05) is 0 Å². The van der Waals surface area contributed by atoms with E-state index in [9.17, 15) is 8.42 Å². The quantitative estimate of drug-likeness (QED) is 0.840. The summed E-state index contributed by atoms with van der Waals surface area (Å²) >= 11 is 8.46. The van der Waals surface area contributed by atoms with Crippen LogP contribution >= 0.6 is 43.2 Å². The van der Waals surface area contributed by atoms with Gasteiger partial charge in [0.05, 0.1) is 9.54 Å². The molecule has 1 rings (SSSR count). The first-order chi connectivity index (χ1) is 7.28. The third-order valence-corrected chi connectivity index (χ3v) is 6.24. The van der Waals surface area contributed by atoms with Gasteiger partial charge in [-0.3, -0.25) is 0 Å². The van der Waals surface area contributed by atoms with Gasteiger partial charge in [0, 0.05) is 28.2 Å². The van der Waals surface area contributed by atoms with Crippen molar-refractivity contribution in [1.82, 2.24) is 5.32 Å². The van der Waals surface area contributed by atoms with Crippen molar-refractivity contribution in [2.24, 2.45) is 0 Å². The van der Waals surface area contributed by atoms with Crippen LogP contribution in [-0.4, -0.2) is 26.5 Å². The van der Waals surface area contributed by atoms with E-state index in [1.54, 1.807) is 11.3 Å². The molecule has 1 unspecified atom stereocenters. The van der Waals surface area contributed by atoms with Gasteiger partial charge < -0.3 is 5.32 Å². The van der Waals surface area contributed by atoms with Crippen LogP contribution in [0.25, 0.3) is 0 Å². The van der Waals surface area contributed by atoms with E-state index < -0.39 is 9.84 Å². The molecule has 3 nitrogen and oxygen atoms in total. The molecular formula is C9H13Br2NO2S2. The molecule has 1 N–H and O–H groups in total. The maximum absolute atomic E-state index is 11.1. The van der Waals surface area contributed by atoms with Crippen molar-refractivity contribution in [3.8, 4) is 0 Å². The monoisotopic (exact) mass is 389 g/mol. The maximum atomic E-state index is 11.1. The molecule has 0 spiro atoms. The van der Waals surface area contributed by atoms with Crippen molar-refractivity contribution < 1.29 is 8.42 Å². The molecule has 0 saturated carbocycles. The summed E-state index contributed by atoms with van der Waals surface area (Å²) in [4.78, 5) is 1.17. The highest BCUT2D eigenvalue weighted by Crippen LogP contribution is 2.32. The molecule has 16 heavy (non-hydrogen) atoms. The number of halogens is 2. The highest BCUT2D eigenvalue weighted by Gasteiger charge is 2.11. The predicted molar refractivity (Wildman–Crippen MR) is 75.7 cm³/mol. The molecule has 92 valence electrons. The van der Waals surface area contributed by atoms with Crippen molar-refractivity contribution in [2.45, 2.75) is 19.5 Å². The highest BCUT2D eigenvalue weighted by molar-refractivity contribution is 9.13. The van der Waals surface area contributed by atoms with Crippen LogP contribution in [0.5, 0.6) is 0 Å². The topological polar surface area (TPSA) is 46.2 Å². The van der Waals surface area contributed by atoms with E-state index in [2.05, 4.69) is 37.2 Å². The van der Waals surface area contributed by atoms with Crippen LogP contribution in [0.4, 0.5) is 0 Å². The smallest absolute Gasteiger partial charge is 0.148 e. The summed E-state index contributed by atoms with van der Waals surface area (Å²) in [6.45, 7) is 2.56. The van der Waals surface area contributed by atoms with Gasteiger partial charge in [-0.2, -0.15) is 0 Å². The predicted octanol–water partition coefficient (Wildman–Crippen LogP) is 2.80. The van der Waals surface area contributed by atoms with Crippen LogP contribution in [0.1, 0.15) is 11.8 Å². The molecule has 1 atom stereocenters. The Kier molecular flexibility index (Phi) is 5.44. The first-order valence-corrected chi connectivity index (χ1v) is 9.09. The number of rotatable bonds is 5. The van der Waals surface area contributed by atoms with Crippen LogP contribution in [0.3, 0.4) is 0 Å². The summed E-state index contributed by atoms with van der Waals surface area (Å²) < 4.78 is 24.2. The molecule has 1 aromatic heterocycles. The third kappa shape index (κ3) is 5.27. The van der Waals surface area contributed by atoms with E-state index in [1.807, 2.05) is 13.0 Å². The second-order valence-electron chi connectivity index (χ2n) is 3.71. The minimum absolute atomic E-state index is 0.0327. The number of nitrogens with one attached hydrogen (secondary N) is 1. The van der Waals surface area contributed by atoms with Gasteiger partial charge in [-0.15, -0.1) is 11.3 Å². The molecule has 0 radical (unpaired) electrons. The van der Waals surface area contributed by atoms with Crippen LogP contribution in [-0.2, 0) is 16.4 Å². The lowest BCUT2D eigenvalue weighted by Crippen LogP contribution is -2.31. The van der Waals surface area contributed by atoms with Gasteiger partial charge in [-0.05, 0) is 44.8 Å². The fourth-order valence-electron chi connectivity index (χ4n) is 1.27. The Hall–Kier alpha value is 0.570. The zero-order chi connectivity index (χ0) is 12.3. The Labute approximate surface area is 117 Å². The summed E-state index contributed by atoms with van der Waals surface area (Å²) in [6, 6.07) is 1.99. The van der Waals surface area contributed by atoms with Gasteiger partial charge in [0.1, 0.15) is 9.84 Å². The Morgan fingerprint density at radius 1 is 1.50 bits per heavy atom. The SMILES string of the molecule is CC(CS(C)(=O)=O)NCc1cc(Br)c(Br)s1. The second kappa shape index (κ2) is 5.95. The van der Waals surface area contributed by atoms with Gasteiger partial charge in [0.15, 0.2) is 0 Å². The normalized spacial score (nSPS) is 14.0. The molecular weight excluding hydrogens is 378 g/mol. The molecule has 0 fully saturated rings. The van der Waals surface area contributed by atoms with Gasteiger partial charge in [0.2, 0.25) is 0 Å². The summed E-state index contributed by atoms with van der Waals surface area (Å²) in [7, 11) is -2.91. The van der Waals surface area contributed by atoms with Gasteiger partial charge in [-0.25, -0.2) is 8.42 Å². The van der Waals surface area contributed by atoms with Gasteiger partial charge >= 0.3 is 0 Å². The Bertz CT molecular complexity index is 437. The van der Waals surface area contributed by atoms with Gasteiger partial charge in [0.25, 0.3) is 0 Å². The average Bonchev–Trinajstić information content (AvgIpc) is 2.40. The summed E-state index contributed by atoms with van der Waals surface area (Å²) in [5.74, 6) is 0.167. The van der Waals surface area contributed by atoms with E-state index in [0.717, 1.165) is 8.26 Å². The number of hydrogen-bond acceptors (Lipinski definition) is 4. The lowest BCUT2D eigenvalue weighted by atomic mass is 10.3. The van der Waals surface area contributed by atoms with E-state index in [-0.39, 0.29) is 11.8 Å². The van der Waals surface area contributed by atoms with Crippen molar-refractivity contribution in [3.63, 3.8) is 0 Å². The third-order valence-electron chi connectivity index (χ3n) is 1.87. The minimum atomic E-state index is -2.91. The first-order valence-electron chi connectivity index (χ1n) is 4.63. The molecule has 7 heteroatoms. The average molecular weight is 391 g/mol. The number of sulfone groups is 1. The fraction of sp³-hybridized carbons (Fsp3) is 0.556. The Morgan fingerprint density at radius 3 is 2.56 bits per heavy atom. The second-order valence-corrected chi connectivity index (χ2v) is 9.20. The molecule has 0 amide bonds. The lowest BCUT2D eigenvalue weighted by molar-refractivity contribution is 0.562. The van der Waals surface area contributed by atoms with Crippen molar-refractivity contribution in [1.29, 1.82) is 0 Å². The fourth-order valence-corrected chi connectivity index (χ4v) is 4.42. The van der Waals surface area contributed by atoms with E-state index in [0.29, 0.717) is 6.54 Å². The summed E-state index contributed by atoms with van der Waals surface area (Å²) in [5.41, 5.74) is 0. The highest BCUT2D eigenvalue weighted by atomic mass is 79.9. The summed E-state index contributed by atoms with van der Waals surface area (Å²) in [5, 5.41) is 3.19. The molecule has 0 bridgehead atoms. The zero-order valence-electron chi connectivity index (χ0n) is 8.96. The Morgan fingerprint density at radius 2 is 2.12 bits per heavy atom. The summed E-state index contributed by atoms with van der Waals surface area (Å²) in [6.07, 6.45) is 1.25. The van der Waals surface area contributed by atoms with Crippen LogP contribution in [0, 0.1) is 0 Å². The first kappa shape index (κ1) is 14.6. The minimum Gasteiger partial charge on any atom is -0.308 e. The molecule has 1 aromatic rings. The molecule has 0 aliphatic rings. The van der Waals surface area contributed by atoms with Crippen LogP contribution in [0.2, 0.25) is 0 Å². The van der Waals surface area contributed by atoms with E-state index >= 15 is 0 Å². The van der Waals surface area contributed by atoms with Crippen LogP contribution < -0.4 is 5.32 Å². The molecule has 1 heterocycles. The number of hydrogen-bond donors (Lipinski definition) is 1. The molecule has 0 aliphatic carbocycles. The maximum Gasteiger partial charge on any atom is 0.148 e. The zero-order valence-corrected chi connectivity index (χ0v) is 13.8. The van der Waals surface area contributed by atoms with E-state index in [1.165, 1.54) is 11.1 Å². The van der Waals surface area contributed by atoms with E-state index in [4.69, 9.17) is 0 Å². The molecule has 0 saturated heterocycles. The lowest BCUT2D eigenvalue weighted by Gasteiger charge is -2.11. The number of thiophene rings is 1. The van der Waals surface area contributed by atoms with Crippen molar-refractivity contribution >= 4 is 53.0 Å². The van der Waals surface area contributed by atoms with Crippen molar-refractivity contribution in [3.05, 3.63) is 19.2 Å². The standard InChI is InChI=1S/C9H13Br2NO2S2/c1-6(5-16(2,13)14)12-4-7-3-8(10)9(11)15-7/h3,6,12H,4-5H2,1-2H3. The molecule has 0 aliphatic heterocycles. The van der Waals surface area contributed by atoms with Crippen LogP contribution in [0.15, 0.2) is 14.3 Å². The Balaban J connectivity index is 2.46. The molecule has 0 aromatic carbocycles. The van der Waals surface area contributed by atoms with Crippen molar-refractivity contribution in [2.75, 3.05) is 12.0 Å². The largest absolute Gasteiger partial charge is 0.308 e.